The molecule has 0 amide bonds. The average molecular weight is 641 g/mol. The molecule has 2 aliphatic carbocycles. The first kappa shape index (κ1) is 30.7. The van der Waals surface area contributed by atoms with Crippen LogP contribution in [-0.4, -0.2) is 26.0 Å². The maximum Gasteiger partial charge on any atom is 0.353 e. The molecule has 0 radical (unpaired) electrons. The van der Waals surface area contributed by atoms with Gasteiger partial charge in [-0.2, -0.15) is 4.72 Å². The lowest BCUT2D eigenvalue weighted by Gasteiger charge is -2.41. The maximum absolute atomic E-state index is 13.6. The van der Waals surface area contributed by atoms with Crippen molar-refractivity contribution in [2.75, 3.05) is 0 Å². The minimum atomic E-state index is -4.02. The molecule has 0 saturated heterocycles. The van der Waals surface area contributed by atoms with Gasteiger partial charge >= 0.3 is 5.97 Å². The first-order valence-corrected chi connectivity index (χ1v) is 18.0. The smallest absolute Gasteiger partial charge is 0.353 e. The summed E-state index contributed by atoms with van der Waals surface area (Å²) in [6.45, 7) is 1.88. The van der Waals surface area contributed by atoms with Gasteiger partial charge in [-0.3, -0.25) is 0 Å². The van der Waals surface area contributed by atoms with Crippen LogP contribution in [-0.2, 0) is 45.3 Å². The van der Waals surface area contributed by atoms with E-state index in [-0.39, 0.29) is 22.5 Å². The number of sulfonamides is 1. The summed E-state index contributed by atoms with van der Waals surface area (Å²) in [5.74, 6) is 0.0592. The number of aryl methyl sites for hydroxylation is 3. The van der Waals surface area contributed by atoms with Crippen molar-refractivity contribution >= 4 is 27.0 Å². The normalized spacial score (nSPS) is 18.4. The molecule has 3 aliphatic rings. The van der Waals surface area contributed by atoms with Gasteiger partial charge in [-0.1, -0.05) is 54.4 Å². The lowest BCUT2D eigenvalue weighted by atomic mass is 9.78. The van der Waals surface area contributed by atoms with Crippen molar-refractivity contribution in [1.29, 1.82) is 0 Å². The number of nitrogens with one attached hydrogen (secondary N) is 1. The fourth-order valence-corrected chi connectivity index (χ4v) is 8.42. The van der Waals surface area contributed by atoms with Gasteiger partial charge in [0.25, 0.3) is 5.55 Å². The van der Waals surface area contributed by atoms with Gasteiger partial charge in [0.05, 0.1) is 4.90 Å². The molecule has 240 valence electrons. The van der Waals surface area contributed by atoms with Crippen molar-refractivity contribution < 1.29 is 27.2 Å². The molecule has 4 aromatic rings. The fourth-order valence-electron chi connectivity index (χ4n) is 7.24. The highest BCUT2D eigenvalue weighted by atomic mass is 32.2. The monoisotopic (exact) mass is 640 g/mol. The van der Waals surface area contributed by atoms with Crippen molar-refractivity contribution in [3.8, 4) is 5.75 Å². The third-order valence-corrected chi connectivity index (χ3v) is 11.3. The summed E-state index contributed by atoms with van der Waals surface area (Å²) in [7, 11) is -4.02. The number of benzene rings is 3. The molecule has 1 aromatic heterocycles. The van der Waals surface area contributed by atoms with E-state index in [9.17, 15) is 13.2 Å². The zero-order valence-electron chi connectivity index (χ0n) is 26.2. The second-order valence-electron chi connectivity index (χ2n) is 13.1. The van der Waals surface area contributed by atoms with Crippen LogP contribution in [0.15, 0.2) is 81.2 Å². The van der Waals surface area contributed by atoms with Gasteiger partial charge in [0.2, 0.25) is 10.0 Å². The summed E-state index contributed by atoms with van der Waals surface area (Å²) < 4.78 is 42.2. The highest BCUT2D eigenvalue weighted by Gasteiger charge is 2.38. The molecule has 0 bridgehead atoms. The second kappa shape index (κ2) is 12.7. The zero-order chi connectivity index (χ0) is 31.7. The van der Waals surface area contributed by atoms with Crippen molar-refractivity contribution in [2.24, 2.45) is 5.16 Å². The minimum absolute atomic E-state index is 0.0695. The SMILES string of the molecule is Cc1ccc(S(=O)(=O)NC(Cc2ccccc2)C(=O)ON=c2oc3cc4c(cc3c3c2CCCC3)CCC2(CCCCC2)O4)cc1. The van der Waals surface area contributed by atoms with E-state index in [2.05, 4.69) is 15.9 Å². The number of hydrogen-bond donors (Lipinski definition) is 1. The van der Waals surface area contributed by atoms with Crippen molar-refractivity contribution in [1.82, 2.24) is 4.72 Å². The Labute approximate surface area is 269 Å². The number of carbonyl (C=O) groups is 1. The van der Waals surface area contributed by atoms with E-state index in [0.29, 0.717) is 5.58 Å². The van der Waals surface area contributed by atoms with Crippen LogP contribution in [0.4, 0.5) is 0 Å². The van der Waals surface area contributed by atoms with E-state index in [1.165, 1.54) is 42.5 Å². The summed E-state index contributed by atoms with van der Waals surface area (Å²) in [6, 6.07) is 18.7. The predicted molar refractivity (Wildman–Crippen MR) is 175 cm³/mol. The van der Waals surface area contributed by atoms with Crippen molar-refractivity contribution in [3.05, 3.63) is 100 Å². The van der Waals surface area contributed by atoms with Crippen molar-refractivity contribution in [3.63, 3.8) is 0 Å². The third-order valence-electron chi connectivity index (χ3n) is 9.78. The lowest BCUT2D eigenvalue weighted by molar-refractivity contribution is -0.146. The molecule has 1 N–H and O–H groups in total. The first-order valence-electron chi connectivity index (χ1n) is 16.5. The van der Waals surface area contributed by atoms with Crippen LogP contribution in [0.2, 0.25) is 0 Å². The number of hydrogen-bond acceptors (Lipinski definition) is 7. The molecular weight excluding hydrogens is 600 g/mol. The lowest BCUT2D eigenvalue weighted by Crippen LogP contribution is -2.43. The summed E-state index contributed by atoms with van der Waals surface area (Å²) in [6.07, 6.45) is 11.6. The minimum Gasteiger partial charge on any atom is -0.487 e. The van der Waals surface area contributed by atoms with Crippen LogP contribution in [0.5, 0.6) is 5.75 Å². The Balaban J connectivity index is 1.21. The summed E-state index contributed by atoms with van der Waals surface area (Å²) >= 11 is 0. The third kappa shape index (κ3) is 6.35. The molecule has 1 atom stereocenters. The molecule has 9 heteroatoms. The second-order valence-corrected chi connectivity index (χ2v) is 14.8. The Kier molecular flexibility index (Phi) is 8.46. The van der Waals surface area contributed by atoms with Gasteiger partial charge in [0, 0.05) is 17.0 Å². The topological polar surface area (TPSA) is 107 Å². The Morgan fingerprint density at radius 3 is 2.41 bits per heavy atom. The quantitative estimate of drug-likeness (QED) is 0.180. The molecular formula is C37H40N2O6S. The van der Waals surface area contributed by atoms with E-state index in [4.69, 9.17) is 14.0 Å². The molecule has 46 heavy (non-hydrogen) atoms. The summed E-state index contributed by atoms with van der Waals surface area (Å²) in [5, 5.41) is 5.31. The molecule has 1 unspecified atom stereocenters. The van der Waals surface area contributed by atoms with Gasteiger partial charge in [-0.25, -0.2) is 13.2 Å². The molecule has 1 fully saturated rings. The van der Waals surface area contributed by atoms with Crippen LogP contribution in [0, 0.1) is 6.92 Å². The molecule has 1 aliphatic heterocycles. The van der Waals surface area contributed by atoms with Gasteiger partial charge < -0.3 is 14.0 Å². The maximum atomic E-state index is 13.6. The summed E-state index contributed by atoms with van der Waals surface area (Å²) in [5.41, 5.74) is 5.85. The van der Waals surface area contributed by atoms with E-state index >= 15 is 0 Å². The zero-order valence-corrected chi connectivity index (χ0v) is 27.0. The Hall–Kier alpha value is -3.95. The van der Waals surface area contributed by atoms with Crippen LogP contribution < -0.4 is 15.0 Å². The van der Waals surface area contributed by atoms with Gasteiger partial charge in [-0.15, -0.1) is 0 Å². The van der Waals surface area contributed by atoms with Crippen LogP contribution in [0.3, 0.4) is 0 Å². The van der Waals surface area contributed by atoms with E-state index in [1.54, 1.807) is 12.1 Å². The largest absolute Gasteiger partial charge is 0.487 e. The van der Waals surface area contributed by atoms with Crippen molar-refractivity contribution in [2.45, 2.75) is 101 Å². The Morgan fingerprint density at radius 2 is 1.65 bits per heavy atom. The van der Waals surface area contributed by atoms with E-state index < -0.39 is 22.0 Å². The number of fused-ring (bicyclic) bond motifs is 4. The average Bonchev–Trinajstić information content (AvgIpc) is 3.07. The predicted octanol–water partition coefficient (Wildman–Crippen LogP) is 6.60. The molecule has 1 spiro atoms. The number of nitrogens with zero attached hydrogens (tertiary/aromatic N) is 1. The van der Waals surface area contributed by atoms with E-state index in [1.807, 2.05) is 43.3 Å². The standard InChI is InChI=1S/C37H40N2O6S/c1-25-14-16-28(17-15-25)46(41,42)39-32(22-26-10-4-2-5-11-26)36(40)45-38-35-30-13-7-6-12-29(30)31-23-27-18-21-37(19-8-3-9-20-37)44-33(27)24-34(31)43-35/h2,4-5,10-11,14-17,23-24,32,39H,3,6-9,12-13,18-22H2,1H3. The molecule has 3 aromatic carbocycles. The molecule has 2 heterocycles. The first-order chi connectivity index (χ1) is 22.3. The fraction of sp³-hybridized carbons (Fsp3) is 0.405. The highest BCUT2D eigenvalue weighted by molar-refractivity contribution is 7.89. The molecule has 1 saturated carbocycles. The number of rotatable bonds is 7. The molecule has 8 nitrogen and oxygen atoms in total. The van der Waals surface area contributed by atoms with Gasteiger partial charge in [0.1, 0.15) is 23.0 Å². The van der Waals surface area contributed by atoms with Crippen LogP contribution in [0.1, 0.15) is 79.2 Å². The highest BCUT2D eigenvalue weighted by Crippen LogP contribution is 2.43. The number of ether oxygens (including phenoxy) is 1. The Morgan fingerprint density at radius 1 is 0.913 bits per heavy atom. The summed E-state index contributed by atoms with van der Waals surface area (Å²) in [4.78, 5) is 19.2. The van der Waals surface area contributed by atoms with Gasteiger partial charge in [0.15, 0.2) is 0 Å². The van der Waals surface area contributed by atoms with Gasteiger partial charge in [-0.05, 0) is 118 Å². The Bertz CT molecular complexity index is 1930. The van der Waals surface area contributed by atoms with Crippen LogP contribution >= 0.6 is 0 Å². The van der Waals surface area contributed by atoms with E-state index in [0.717, 1.165) is 79.2 Å². The van der Waals surface area contributed by atoms with Crippen LogP contribution in [0.25, 0.3) is 11.0 Å². The number of carbonyl (C=O) groups excluding carboxylic acids is 1. The molecule has 7 rings (SSSR count).